The van der Waals surface area contributed by atoms with Gasteiger partial charge in [0.25, 0.3) is 0 Å². The minimum Gasteiger partial charge on any atom is -0.506 e. The predicted octanol–water partition coefficient (Wildman–Crippen LogP) is 2.35. The number of carbonyl (C=O) groups excluding carboxylic acids is 1. The summed E-state index contributed by atoms with van der Waals surface area (Å²) in [5.74, 6) is -0.481. The molecule has 0 aliphatic rings. The van der Waals surface area contributed by atoms with E-state index in [4.69, 9.17) is 11.6 Å². The van der Waals surface area contributed by atoms with Gasteiger partial charge in [0.2, 0.25) is 15.9 Å². The first-order valence-corrected chi connectivity index (χ1v) is 8.58. The highest BCUT2D eigenvalue weighted by molar-refractivity contribution is 7.89. The molecule has 23 heavy (non-hydrogen) atoms. The molecule has 0 radical (unpaired) electrons. The van der Waals surface area contributed by atoms with Gasteiger partial charge < -0.3 is 10.4 Å². The maximum absolute atomic E-state index is 12.1. The van der Waals surface area contributed by atoms with Gasteiger partial charge in [0.05, 0.1) is 10.7 Å². The molecule has 0 spiro atoms. The van der Waals surface area contributed by atoms with Crippen LogP contribution in [0.1, 0.15) is 6.42 Å². The average molecular weight is 355 g/mol. The standard InChI is InChI=1S/C15H15ClN2O4S/c16-11-5-1-4-8-14(11)23(21,22)17-10-9-15(20)18-12-6-2-3-7-13(12)19/h1-8,17,19H,9-10H2,(H,18,20). The monoisotopic (exact) mass is 354 g/mol. The van der Waals surface area contributed by atoms with Gasteiger partial charge in [-0.3, -0.25) is 4.79 Å². The summed E-state index contributed by atoms with van der Waals surface area (Å²) in [7, 11) is -3.78. The van der Waals surface area contributed by atoms with E-state index in [-0.39, 0.29) is 34.3 Å². The molecule has 2 rings (SSSR count). The Morgan fingerprint density at radius 2 is 1.74 bits per heavy atom. The Morgan fingerprint density at radius 3 is 2.43 bits per heavy atom. The molecule has 0 heterocycles. The van der Waals surface area contributed by atoms with Crippen LogP contribution in [0.2, 0.25) is 5.02 Å². The fourth-order valence-corrected chi connectivity index (χ4v) is 3.38. The zero-order valence-corrected chi connectivity index (χ0v) is 13.6. The summed E-state index contributed by atoms with van der Waals surface area (Å²) in [6, 6.07) is 12.3. The molecule has 0 saturated carbocycles. The molecule has 0 unspecified atom stereocenters. The highest BCUT2D eigenvalue weighted by Crippen LogP contribution is 2.22. The number of amides is 1. The molecule has 0 saturated heterocycles. The zero-order valence-electron chi connectivity index (χ0n) is 12.0. The second kappa shape index (κ2) is 7.45. The molecule has 0 bridgehead atoms. The molecule has 2 aromatic carbocycles. The van der Waals surface area contributed by atoms with Crippen LogP contribution in [0, 0.1) is 0 Å². The lowest BCUT2D eigenvalue weighted by molar-refractivity contribution is -0.116. The molecule has 3 N–H and O–H groups in total. The molecule has 8 heteroatoms. The number of sulfonamides is 1. The van der Waals surface area contributed by atoms with Crippen LogP contribution >= 0.6 is 11.6 Å². The van der Waals surface area contributed by atoms with E-state index in [1.807, 2.05) is 0 Å². The highest BCUT2D eigenvalue weighted by atomic mass is 35.5. The van der Waals surface area contributed by atoms with Crippen molar-refractivity contribution in [3.8, 4) is 5.75 Å². The van der Waals surface area contributed by atoms with Crippen molar-refractivity contribution in [1.82, 2.24) is 4.72 Å². The Hall–Kier alpha value is -2.09. The largest absolute Gasteiger partial charge is 0.506 e. The number of phenolic OH excluding ortho intramolecular Hbond substituents is 1. The smallest absolute Gasteiger partial charge is 0.242 e. The van der Waals surface area contributed by atoms with Crippen LogP contribution in [0.5, 0.6) is 5.75 Å². The molecule has 1 amide bonds. The minimum atomic E-state index is -3.78. The number of benzene rings is 2. The Labute approximate surface area is 139 Å². The maximum atomic E-state index is 12.1. The fourth-order valence-electron chi connectivity index (χ4n) is 1.83. The van der Waals surface area contributed by atoms with Crippen molar-refractivity contribution in [1.29, 1.82) is 0 Å². The molecule has 0 atom stereocenters. The number of para-hydroxylation sites is 2. The Morgan fingerprint density at radius 1 is 1.09 bits per heavy atom. The third-order valence-corrected chi connectivity index (χ3v) is 4.91. The lowest BCUT2D eigenvalue weighted by atomic mass is 10.3. The first kappa shape index (κ1) is 17.3. The second-order valence-corrected chi connectivity index (χ2v) is 6.79. The summed E-state index contributed by atoms with van der Waals surface area (Å²) in [6.07, 6.45) is -0.0853. The van der Waals surface area contributed by atoms with E-state index in [2.05, 4.69) is 10.0 Å². The van der Waals surface area contributed by atoms with Crippen LogP contribution in [-0.2, 0) is 14.8 Å². The molecule has 0 aromatic heterocycles. The third-order valence-electron chi connectivity index (χ3n) is 2.95. The van der Waals surface area contributed by atoms with Gasteiger partial charge in [-0.05, 0) is 24.3 Å². The van der Waals surface area contributed by atoms with Crippen LogP contribution in [0.25, 0.3) is 0 Å². The average Bonchev–Trinajstić information content (AvgIpc) is 2.49. The molecule has 6 nitrogen and oxygen atoms in total. The number of carbonyl (C=O) groups is 1. The van der Waals surface area contributed by atoms with Crippen LogP contribution in [0.3, 0.4) is 0 Å². The normalized spacial score (nSPS) is 11.2. The van der Waals surface area contributed by atoms with Gasteiger partial charge >= 0.3 is 0 Å². The number of rotatable bonds is 6. The van der Waals surface area contributed by atoms with Gasteiger partial charge in [0.1, 0.15) is 10.6 Å². The topological polar surface area (TPSA) is 95.5 Å². The number of aromatic hydroxyl groups is 1. The van der Waals surface area contributed by atoms with E-state index in [1.54, 1.807) is 30.3 Å². The van der Waals surface area contributed by atoms with Crippen LogP contribution in [-0.4, -0.2) is 26.0 Å². The van der Waals surface area contributed by atoms with E-state index in [0.717, 1.165) is 0 Å². The fraction of sp³-hybridized carbons (Fsp3) is 0.133. The summed E-state index contributed by atoms with van der Waals surface area (Å²) in [5.41, 5.74) is 0.270. The predicted molar refractivity (Wildman–Crippen MR) is 88.0 cm³/mol. The van der Waals surface area contributed by atoms with E-state index in [0.29, 0.717) is 0 Å². The number of anilines is 1. The summed E-state index contributed by atoms with van der Waals surface area (Å²) in [4.78, 5) is 11.7. The minimum absolute atomic E-state index is 0.0391. The van der Waals surface area contributed by atoms with E-state index >= 15 is 0 Å². The second-order valence-electron chi connectivity index (χ2n) is 4.64. The molecule has 0 fully saturated rings. The molecule has 0 aliphatic heterocycles. The third kappa shape index (κ3) is 4.69. The molecular formula is C15H15ClN2O4S. The van der Waals surface area contributed by atoms with Crippen molar-refractivity contribution in [2.75, 3.05) is 11.9 Å². The quantitative estimate of drug-likeness (QED) is 0.694. The lowest BCUT2D eigenvalue weighted by Crippen LogP contribution is -2.28. The Bertz CT molecular complexity index is 809. The van der Waals surface area contributed by atoms with E-state index in [1.165, 1.54) is 18.2 Å². The number of halogens is 1. The van der Waals surface area contributed by atoms with Gasteiger partial charge in [-0.25, -0.2) is 13.1 Å². The SMILES string of the molecule is O=C(CCNS(=O)(=O)c1ccccc1Cl)Nc1ccccc1O. The molecular weight excluding hydrogens is 340 g/mol. The first-order chi connectivity index (χ1) is 10.9. The van der Waals surface area contributed by atoms with Gasteiger partial charge in [0.15, 0.2) is 0 Å². The molecule has 2 aromatic rings. The van der Waals surface area contributed by atoms with E-state index < -0.39 is 15.9 Å². The number of hydrogen-bond donors (Lipinski definition) is 3. The summed E-state index contributed by atoms with van der Waals surface area (Å²) >= 11 is 5.85. The first-order valence-electron chi connectivity index (χ1n) is 6.72. The number of phenols is 1. The lowest BCUT2D eigenvalue weighted by Gasteiger charge is -2.09. The van der Waals surface area contributed by atoms with E-state index in [9.17, 15) is 18.3 Å². The van der Waals surface area contributed by atoms with Crippen LogP contribution in [0.15, 0.2) is 53.4 Å². The van der Waals surface area contributed by atoms with Crippen molar-refractivity contribution in [2.24, 2.45) is 0 Å². The highest BCUT2D eigenvalue weighted by Gasteiger charge is 2.17. The summed E-state index contributed by atoms with van der Waals surface area (Å²) in [6.45, 7) is -0.0903. The summed E-state index contributed by atoms with van der Waals surface area (Å²) in [5, 5.41) is 12.2. The number of hydrogen-bond acceptors (Lipinski definition) is 4. The van der Waals surface area contributed by atoms with Crippen LogP contribution < -0.4 is 10.0 Å². The van der Waals surface area contributed by atoms with Crippen molar-refractivity contribution in [2.45, 2.75) is 11.3 Å². The van der Waals surface area contributed by atoms with Gasteiger partial charge in [-0.1, -0.05) is 35.9 Å². The number of nitrogens with one attached hydrogen (secondary N) is 2. The van der Waals surface area contributed by atoms with Crippen molar-refractivity contribution >= 4 is 33.2 Å². The maximum Gasteiger partial charge on any atom is 0.242 e. The van der Waals surface area contributed by atoms with Gasteiger partial charge in [-0.2, -0.15) is 0 Å². The van der Waals surface area contributed by atoms with Crippen molar-refractivity contribution in [3.63, 3.8) is 0 Å². The van der Waals surface area contributed by atoms with Gasteiger partial charge in [-0.15, -0.1) is 0 Å². The molecule has 122 valence electrons. The van der Waals surface area contributed by atoms with Gasteiger partial charge in [0, 0.05) is 13.0 Å². The molecule has 0 aliphatic carbocycles. The van der Waals surface area contributed by atoms with Crippen LogP contribution in [0.4, 0.5) is 5.69 Å². The summed E-state index contributed by atoms with van der Waals surface area (Å²) < 4.78 is 26.5. The van der Waals surface area contributed by atoms with Crippen molar-refractivity contribution < 1.29 is 18.3 Å². The zero-order chi connectivity index (χ0) is 16.9. The Balaban J connectivity index is 1.91. The van der Waals surface area contributed by atoms with Crippen molar-refractivity contribution in [3.05, 3.63) is 53.6 Å². The Kier molecular flexibility index (Phi) is 5.59.